The Morgan fingerprint density at radius 1 is 1.09 bits per heavy atom. The zero-order valence-electron chi connectivity index (χ0n) is 14.1. The minimum Gasteiger partial charge on any atom is -0.491 e. The van der Waals surface area contributed by atoms with Crippen molar-refractivity contribution < 1.29 is 9.53 Å². The molecule has 0 radical (unpaired) electrons. The second kappa shape index (κ2) is 8.06. The van der Waals surface area contributed by atoms with Crippen molar-refractivity contribution in [2.24, 2.45) is 0 Å². The van der Waals surface area contributed by atoms with Gasteiger partial charge in [-0.25, -0.2) is 4.79 Å². The zero-order chi connectivity index (χ0) is 15.9. The maximum absolute atomic E-state index is 12.1. The Labute approximate surface area is 133 Å². The molecule has 4 heteroatoms. The first-order chi connectivity index (χ1) is 10.6. The number of carbonyl (C=O) groups is 1. The van der Waals surface area contributed by atoms with Gasteiger partial charge >= 0.3 is 6.03 Å². The van der Waals surface area contributed by atoms with Crippen molar-refractivity contribution in [2.45, 2.75) is 46.5 Å². The SMILES string of the molecule is Cc1ccc(C)c(OCCNC(=O)N2CCCCCC2)c1C. The fraction of sp³-hybridized carbons (Fsp3) is 0.611. The summed E-state index contributed by atoms with van der Waals surface area (Å²) in [6.07, 6.45) is 4.70. The maximum atomic E-state index is 12.1. The van der Waals surface area contributed by atoms with E-state index in [1.807, 2.05) is 4.90 Å². The van der Waals surface area contributed by atoms with E-state index in [4.69, 9.17) is 4.74 Å². The van der Waals surface area contributed by atoms with E-state index in [0.717, 1.165) is 37.2 Å². The van der Waals surface area contributed by atoms with Crippen LogP contribution in [0.5, 0.6) is 5.75 Å². The summed E-state index contributed by atoms with van der Waals surface area (Å²) < 4.78 is 5.88. The summed E-state index contributed by atoms with van der Waals surface area (Å²) in [4.78, 5) is 14.0. The van der Waals surface area contributed by atoms with Gasteiger partial charge in [0.1, 0.15) is 12.4 Å². The van der Waals surface area contributed by atoms with E-state index in [-0.39, 0.29) is 6.03 Å². The largest absolute Gasteiger partial charge is 0.491 e. The highest BCUT2D eigenvalue weighted by Gasteiger charge is 2.14. The van der Waals surface area contributed by atoms with E-state index in [1.54, 1.807) is 0 Å². The van der Waals surface area contributed by atoms with Crippen LogP contribution in [0, 0.1) is 20.8 Å². The van der Waals surface area contributed by atoms with Crippen LogP contribution in [0.1, 0.15) is 42.4 Å². The molecule has 0 saturated carbocycles. The summed E-state index contributed by atoms with van der Waals surface area (Å²) in [6, 6.07) is 4.23. The lowest BCUT2D eigenvalue weighted by molar-refractivity contribution is 0.196. The monoisotopic (exact) mass is 304 g/mol. The molecular weight excluding hydrogens is 276 g/mol. The van der Waals surface area contributed by atoms with E-state index >= 15 is 0 Å². The average molecular weight is 304 g/mol. The smallest absolute Gasteiger partial charge is 0.317 e. The fourth-order valence-electron chi connectivity index (χ4n) is 2.84. The molecule has 1 saturated heterocycles. The van der Waals surface area contributed by atoms with Crippen molar-refractivity contribution in [2.75, 3.05) is 26.2 Å². The van der Waals surface area contributed by atoms with E-state index in [9.17, 15) is 4.79 Å². The van der Waals surface area contributed by atoms with Crippen molar-refractivity contribution in [3.8, 4) is 5.75 Å². The minimum absolute atomic E-state index is 0.0446. The standard InChI is InChI=1S/C18H28N2O2/c1-14-8-9-15(2)17(16(14)3)22-13-10-19-18(21)20-11-6-4-5-7-12-20/h8-9H,4-7,10-13H2,1-3H3,(H,19,21). The molecule has 1 N–H and O–H groups in total. The Hall–Kier alpha value is -1.71. The van der Waals surface area contributed by atoms with E-state index in [2.05, 4.69) is 38.2 Å². The number of hydrogen-bond acceptors (Lipinski definition) is 2. The van der Waals surface area contributed by atoms with Crippen molar-refractivity contribution in [1.82, 2.24) is 10.2 Å². The number of aryl methyl sites for hydroxylation is 2. The molecular formula is C18H28N2O2. The molecule has 2 amide bonds. The van der Waals surface area contributed by atoms with Crippen LogP contribution in [0.15, 0.2) is 12.1 Å². The molecule has 0 unspecified atom stereocenters. The zero-order valence-corrected chi connectivity index (χ0v) is 14.1. The molecule has 4 nitrogen and oxygen atoms in total. The number of nitrogens with zero attached hydrogens (tertiary/aromatic N) is 1. The average Bonchev–Trinajstić information content (AvgIpc) is 2.79. The van der Waals surface area contributed by atoms with Gasteiger partial charge in [-0.3, -0.25) is 0 Å². The van der Waals surface area contributed by atoms with Crippen LogP contribution in [-0.4, -0.2) is 37.2 Å². The third-order valence-electron chi connectivity index (χ3n) is 4.39. The lowest BCUT2D eigenvalue weighted by atomic mass is 10.1. The molecule has 22 heavy (non-hydrogen) atoms. The molecule has 1 aliphatic heterocycles. The van der Waals surface area contributed by atoms with Crippen LogP contribution in [0.25, 0.3) is 0 Å². The molecule has 2 rings (SSSR count). The molecule has 0 bridgehead atoms. The number of likely N-dealkylation sites (tertiary alicyclic amines) is 1. The van der Waals surface area contributed by atoms with E-state index < -0.39 is 0 Å². The number of hydrogen-bond donors (Lipinski definition) is 1. The Morgan fingerprint density at radius 3 is 2.41 bits per heavy atom. The first kappa shape index (κ1) is 16.7. The first-order valence-corrected chi connectivity index (χ1v) is 8.32. The van der Waals surface area contributed by atoms with Crippen molar-refractivity contribution >= 4 is 6.03 Å². The Bertz CT molecular complexity index is 506. The maximum Gasteiger partial charge on any atom is 0.317 e. The highest BCUT2D eigenvalue weighted by atomic mass is 16.5. The molecule has 0 atom stereocenters. The van der Waals surface area contributed by atoms with Gasteiger partial charge in [0, 0.05) is 13.1 Å². The second-order valence-corrected chi connectivity index (χ2v) is 6.14. The van der Waals surface area contributed by atoms with Gasteiger partial charge in [-0.1, -0.05) is 25.0 Å². The van der Waals surface area contributed by atoms with Gasteiger partial charge in [0.2, 0.25) is 0 Å². The highest BCUT2D eigenvalue weighted by Crippen LogP contribution is 2.25. The van der Waals surface area contributed by atoms with Crippen molar-refractivity contribution in [3.05, 3.63) is 28.8 Å². The van der Waals surface area contributed by atoms with Crippen molar-refractivity contribution in [3.63, 3.8) is 0 Å². The molecule has 1 fully saturated rings. The van der Waals surface area contributed by atoms with Crippen LogP contribution in [0.4, 0.5) is 4.79 Å². The summed E-state index contributed by atoms with van der Waals surface area (Å²) in [5.41, 5.74) is 3.55. The molecule has 122 valence electrons. The third-order valence-corrected chi connectivity index (χ3v) is 4.39. The lowest BCUT2D eigenvalue weighted by Gasteiger charge is -2.21. The molecule has 1 aromatic rings. The molecule has 0 spiro atoms. The summed E-state index contributed by atoms with van der Waals surface area (Å²) in [6.45, 7) is 9.02. The quantitative estimate of drug-likeness (QED) is 0.864. The van der Waals surface area contributed by atoms with Gasteiger partial charge in [-0.15, -0.1) is 0 Å². The molecule has 1 aromatic carbocycles. The number of amides is 2. The molecule has 0 aliphatic carbocycles. The van der Waals surface area contributed by atoms with Crippen LogP contribution in [-0.2, 0) is 0 Å². The number of urea groups is 1. The number of rotatable bonds is 4. The van der Waals surface area contributed by atoms with Gasteiger partial charge in [0.05, 0.1) is 6.54 Å². The van der Waals surface area contributed by atoms with Crippen LogP contribution < -0.4 is 10.1 Å². The normalized spacial score (nSPS) is 15.3. The summed E-state index contributed by atoms with van der Waals surface area (Å²) in [5, 5.41) is 2.97. The van der Waals surface area contributed by atoms with Gasteiger partial charge in [-0.05, 0) is 50.3 Å². The Morgan fingerprint density at radius 2 is 1.73 bits per heavy atom. The second-order valence-electron chi connectivity index (χ2n) is 6.14. The predicted octanol–water partition coefficient (Wildman–Crippen LogP) is 3.58. The van der Waals surface area contributed by atoms with Crippen LogP contribution in [0.2, 0.25) is 0 Å². The molecule has 1 aliphatic rings. The summed E-state index contributed by atoms with van der Waals surface area (Å²) in [5.74, 6) is 0.948. The minimum atomic E-state index is 0.0446. The lowest BCUT2D eigenvalue weighted by Crippen LogP contribution is -2.41. The van der Waals surface area contributed by atoms with Crippen molar-refractivity contribution in [1.29, 1.82) is 0 Å². The number of ether oxygens (including phenoxy) is 1. The topological polar surface area (TPSA) is 41.6 Å². The number of carbonyl (C=O) groups excluding carboxylic acids is 1. The van der Waals surface area contributed by atoms with Crippen LogP contribution in [0.3, 0.4) is 0 Å². The third kappa shape index (κ3) is 4.39. The number of nitrogens with one attached hydrogen (secondary N) is 1. The van der Waals surface area contributed by atoms with Gasteiger partial charge in [0.25, 0.3) is 0 Å². The van der Waals surface area contributed by atoms with E-state index in [0.29, 0.717) is 13.2 Å². The van der Waals surface area contributed by atoms with Gasteiger partial charge in [-0.2, -0.15) is 0 Å². The Balaban J connectivity index is 1.77. The number of benzene rings is 1. The van der Waals surface area contributed by atoms with E-state index in [1.165, 1.54) is 24.0 Å². The Kier molecular flexibility index (Phi) is 6.10. The predicted molar refractivity (Wildman–Crippen MR) is 89.6 cm³/mol. The highest BCUT2D eigenvalue weighted by molar-refractivity contribution is 5.74. The van der Waals surface area contributed by atoms with Gasteiger partial charge < -0.3 is 15.0 Å². The summed E-state index contributed by atoms with van der Waals surface area (Å²) >= 11 is 0. The van der Waals surface area contributed by atoms with Crippen LogP contribution >= 0.6 is 0 Å². The first-order valence-electron chi connectivity index (χ1n) is 8.32. The molecule has 1 heterocycles. The summed E-state index contributed by atoms with van der Waals surface area (Å²) in [7, 11) is 0. The fourth-order valence-corrected chi connectivity index (χ4v) is 2.84. The molecule has 0 aromatic heterocycles. The van der Waals surface area contributed by atoms with Gasteiger partial charge in [0.15, 0.2) is 0 Å².